The van der Waals surface area contributed by atoms with Gasteiger partial charge in [0.15, 0.2) is 0 Å². The molecule has 1 aliphatic heterocycles. The van der Waals surface area contributed by atoms with Gasteiger partial charge in [0.1, 0.15) is 18.2 Å². The van der Waals surface area contributed by atoms with E-state index in [9.17, 15) is 9.18 Å². The van der Waals surface area contributed by atoms with Crippen LogP contribution in [0.3, 0.4) is 0 Å². The van der Waals surface area contributed by atoms with E-state index in [1.54, 1.807) is 4.90 Å². The summed E-state index contributed by atoms with van der Waals surface area (Å²) in [5.41, 5.74) is 3.18. The van der Waals surface area contributed by atoms with Gasteiger partial charge in [0.25, 0.3) is 0 Å². The second-order valence-electron chi connectivity index (χ2n) is 12.3. The summed E-state index contributed by atoms with van der Waals surface area (Å²) in [5, 5.41) is 2.12. The molecule has 0 saturated carbocycles. The Labute approximate surface area is 249 Å². The summed E-state index contributed by atoms with van der Waals surface area (Å²) in [5.74, 6) is 0.633. The van der Waals surface area contributed by atoms with Gasteiger partial charge in [0, 0.05) is 25.9 Å². The number of likely N-dealkylation sites (tertiary alicyclic amines) is 1. The van der Waals surface area contributed by atoms with Crippen molar-refractivity contribution in [3.05, 3.63) is 114 Å². The normalized spacial score (nSPS) is 17.3. The molecule has 1 amide bonds. The molecular weight excluding hydrogens is 545 g/mol. The van der Waals surface area contributed by atoms with Gasteiger partial charge in [0.2, 0.25) is 0 Å². The Kier molecular flexibility index (Phi) is 9.60. The Hall–Kier alpha value is -3.68. The fraction of sp³-hybridized carbons (Fsp3) is 0.343. The van der Waals surface area contributed by atoms with Crippen molar-refractivity contribution in [3.8, 4) is 5.75 Å². The van der Waals surface area contributed by atoms with Crippen LogP contribution >= 0.6 is 0 Å². The van der Waals surface area contributed by atoms with Gasteiger partial charge in [-0.2, -0.15) is 0 Å². The third-order valence-corrected chi connectivity index (χ3v) is 9.50. The monoisotopic (exact) mass is 585 g/mol. The minimum atomic E-state index is -1.30. The maximum Gasteiger partial charge on any atom is 0.409 e. The lowest BCUT2D eigenvalue weighted by Gasteiger charge is -2.38. The van der Waals surface area contributed by atoms with Crippen LogP contribution in [0.15, 0.2) is 91.0 Å². The molecule has 1 heterocycles. The molecule has 0 aliphatic carbocycles. The van der Waals surface area contributed by atoms with Crippen molar-refractivity contribution in [1.82, 2.24) is 4.90 Å². The van der Waals surface area contributed by atoms with Crippen molar-refractivity contribution in [3.63, 3.8) is 0 Å². The summed E-state index contributed by atoms with van der Waals surface area (Å²) < 4.78 is 32.0. The second kappa shape index (κ2) is 13.5. The number of hydrogen-bond donors (Lipinski definition) is 0. The van der Waals surface area contributed by atoms with E-state index in [0.29, 0.717) is 32.9 Å². The third-order valence-electron chi connectivity index (χ3n) is 7.80. The molecule has 1 saturated heterocycles. The Balaban J connectivity index is 1.27. The summed E-state index contributed by atoms with van der Waals surface area (Å²) in [6.45, 7) is 9.17. The Bertz CT molecular complexity index is 1470. The van der Waals surface area contributed by atoms with Gasteiger partial charge in [-0.25, -0.2) is 9.18 Å². The molecule has 42 heavy (non-hydrogen) atoms. The van der Waals surface area contributed by atoms with Crippen molar-refractivity contribution >= 4 is 24.9 Å². The van der Waals surface area contributed by atoms with Crippen LogP contribution in [-0.2, 0) is 22.7 Å². The molecule has 2 atom stereocenters. The van der Waals surface area contributed by atoms with Gasteiger partial charge in [-0.05, 0) is 58.8 Å². The highest BCUT2D eigenvalue weighted by atomic mass is 28.3. The van der Waals surface area contributed by atoms with Crippen molar-refractivity contribution in [2.24, 2.45) is 0 Å². The molecule has 0 radical (unpaired) electrons. The number of carbonyl (C=O) groups is 1. The minimum absolute atomic E-state index is 0.0510. The highest BCUT2D eigenvalue weighted by Gasteiger charge is 2.34. The van der Waals surface area contributed by atoms with Crippen molar-refractivity contribution in [2.75, 3.05) is 19.7 Å². The fourth-order valence-corrected chi connectivity index (χ4v) is 6.05. The first-order valence-corrected chi connectivity index (χ1v) is 18.4. The minimum Gasteiger partial charge on any atom is -0.488 e. The second-order valence-corrected chi connectivity index (χ2v) is 17.9. The molecule has 0 aromatic heterocycles. The van der Waals surface area contributed by atoms with E-state index in [-0.39, 0.29) is 23.9 Å². The Morgan fingerprint density at radius 3 is 2.45 bits per heavy atom. The van der Waals surface area contributed by atoms with E-state index in [1.807, 2.05) is 42.5 Å². The zero-order valence-electron chi connectivity index (χ0n) is 24.7. The van der Waals surface area contributed by atoms with Gasteiger partial charge >= 0.3 is 6.09 Å². The van der Waals surface area contributed by atoms with Crippen LogP contribution in [0.1, 0.15) is 29.0 Å². The van der Waals surface area contributed by atoms with Gasteiger partial charge < -0.3 is 19.1 Å². The Morgan fingerprint density at radius 2 is 1.69 bits per heavy atom. The van der Waals surface area contributed by atoms with Crippen LogP contribution in [0, 0.1) is 5.82 Å². The predicted octanol–water partition coefficient (Wildman–Crippen LogP) is 8.41. The highest BCUT2D eigenvalue weighted by Crippen LogP contribution is 2.33. The largest absolute Gasteiger partial charge is 0.488 e. The standard InChI is InChI=1S/C35H40FNO4Si/c1-42(2,3)21-20-39-35(38)37-19-18-32(28-13-15-30(36)16-14-28)34(23-37)41-25-27-12-17-31-29(22-27)10-7-11-33(31)40-24-26-8-5-4-6-9-26/h4-17,22,32,34H,18-21,23-25H2,1-3H3. The molecular formula is C35H40FNO4Si. The van der Waals surface area contributed by atoms with Crippen molar-refractivity contribution < 1.29 is 23.4 Å². The average molecular weight is 586 g/mol. The number of amides is 1. The molecule has 7 heteroatoms. The zero-order valence-corrected chi connectivity index (χ0v) is 25.7. The maximum atomic E-state index is 13.7. The first kappa shape index (κ1) is 29.8. The van der Waals surface area contributed by atoms with Crippen LogP contribution in [0.5, 0.6) is 5.75 Å². The van der Waals surface area contributed by atoms with Gasteiger partial charge in [-0.15, -0.1) is 0 Å². The molecule has 5 nitrogen and oxygen atoms in total. The predicted molar refractivity (Wildman–Crippen MR) is 168 cm³/mol. The van der Waals surface area contributed by atoms with E-state index in [2.05, 4.69) is 56.0 Å². The number of fused-ring (bicyclic) bond motifs is 1. The number of piperidine rings is 1. The number of nitrogens with zero attached hydrogens (tertiary/aromatic N) is 1. The molecule has 4 aromatic carbocycles. The van der Waals surface area contributed by atoms with Crippen LogP contribution < -0.4 is 4.74 Å². The number of carbonyl (C=O) groups excluding carboxylic acids is 1. The summed E-state index contributed by atoms with van der Waals surface area (Å²) in [6.07, 6.45) is 0.192. The lowest BCUT2D eigenvalue weighted by molar-refractivity contribution is -0.0233. The number of rotatable bonds is 10. The van der Waals surface area contributed by atoms with E-state index in [1.165, 1.54) is 12.1 Å². The van der Waals surface area contributed by atoms with Crippen LogP contribution in [0.25, 0.3) is 10.8 Å². The quantitative estimate of drug-likeness (QED) is 0.175. The number of benzene rings is 4. The molecule has 5 rings (SSSR count). The lowest BCUT2D eigenvalue weighted by Crippen LogP contribution is -2.47. The average Bonchev–Trinajstić information content (AvgIpc) is 2.99. The lowest BCUT2D eigenvalue weighted by atomic mass is 9.87. The van der Waals surface area contributed by atoms with E-state index < -0.39 is 8.07 Å². The van der Waals surface area contributed by atoms with E-state index in [4.69, 9.17) is 14.2 Å². The third kappa shape index (κ3) is 7.99. The summed E-state index contributed by atoms with van der Waals surface area (Å²) in [6, 6.07) is 30.0. The summed E-state index contributed by atoms with van der Waals surface area (Å²) in [7, 11) is -1.30. The zero-order chi connectivity index (χ0) is 29.5. The SMILES string of the molecule is C[Si](C)(C)CCOC(=O)N1CCC(c2ccc(F)cc2)C(OCc2ccc3c(OCc4ccccc4)cccc3c2)C1. The molecule has 1 fully saturated rings. The molecule has 220 valence electrons. The van der Waals surface area contributed by atoms with E-state index >= 15 is 0 Å². The number of hydrogen-bond acceptors (Lipinski definition) is 4. The smallest absolute Gasteiger partial charge is 0.409 e. The van der Waals surface area contributed by atoms with Crippen molar-refractivity contribution in [2.45, 2.75) is 57.3 Å². The molecule has 0 N–H and O–H groups in total. The maximum absolute atomic E-state index is 13.7. The molecule has 4 aromatic rings. The fourth-order valence-electron chi connectivity index (χ4n) is 5.34. The van der Waals surface area contributed by atoms with Crippen LogP contribution in [0.2, 0.25) is 25.7 Å². The van der Waals surface area contributed by atoms with Gasteiger partial charge in [0.05, 0.1) is 25.9 Å². The highest BCUT2D eigenvalue weighted by molar-refractivity contribution is 6.76. The topological polar surface area (TPSA) is 48.0 Å². The van der Waals surface area contributed by atoms with Crippen LogP contribution in [0.4, 0.5) is 9.18 Å². The van der Waals surface area contributed by atoms with E-state index in [0.717, 1.165) is 45.7 Å². The summed E-state index contributed by atoms with van der Waals surface area (Å²) >= 11 is 0. The number of halogens is 1. The van der Waals surface area contributed by atoms with Gasteiger partial charge in [-0.3, -0.25) is 0 Å². The molecule has 0 bridgehead atoms. The molecule has 0 spiro atoms. The summed E-state index contributed by atoms with van der Waals surface area (Å²) in [4.78, 5) is 14.7. The number of ether oxygens (including phenoxy) is 3. The molecule has 2 unspecified atom stereocenters. The van der Waals surface area contributed by atoms with Crippen molar-refractivity contribution in [1.29, 1.82) is 0 Å². The first-order valence-electron chi connectivity index (χ1n) is 14.7. The van der Waals surface area contributed by atoms with Gasteiger partial charge in [-0.1, -0.05) is 86.4 Å². The van der Waals surface area contributed by atoms with Crippen LogP contribution in [-0.4, -0.2) is 44.9 Å². The Morgan fingerprint density at radius 1 is 0.905 bits per heavy atom. The first-order chi connectivity index (χ1) is 20.2. The molecule has 1 aliphatic rings.